The molecule has 1 unspecified atom stereocenters. The van der Waals surface area contributed by atoms with E-state index in [1.807, 2.05) is 55.5 Å². The van der Waals surface area contributed by atoms with Gasteiger partial charge in [0.2, 0.25) is 11.8 Å². The first-order chi connectivity index (χ1) is 14.9. The van der Waals surface area contributed by atoms with Crippen LogP contribution in [0.4, 0.5) is 0 Å². The molecule has 0 saturated heterocycles. The van der Waals surface area contributed by atoms with Gasteiger partial charge in [0.15, 0.2) is 0 Å². The first-order valence-corrected chi connectivity index (χ1v) is 11.7. The highest BCUT2D eigenvalue weighted by Gasteiger charge is 2.25. The molecule has 6 heteroatoms. The second-order valence-electron chi connectivity index (χ2n) is 7.73. The fourth-order valence-electron chi connectivity index (χ4n) is 3.10. The van der Waals surface area contributed by atoms with Gasteiger partial charge < -0.3 is 15.0 Å². The first-order valence-electron chi connectivity index (χ1n) is 10.9. The minimum Gasteiger partial charge on any atom is -0.494 e. The Bertz CT molecular complexity index is 822. The Hall–Kier alpha value is -2.34. The third kappa shape index (κ3) is 8.74. The van der Waals surface area contributed by atoms with Crippen molar-refractivity contribution in [2.24, 2.45) is 0 Å². The maximum Gasteiger partial charge on any atom is 0.242 e. The standard InChI is InChI=1S/C25H33BrN2O3/c1-4-5-16-27-25(30)20(3)28(18-21-10-12-22(26)13-11-21)24(29)7-6-17-31-23-14-8-19(2)9-15-23/h8-15,20H,4-7,16-18H2,1-3H3,(H,27,30). The maximum atomic E-state index is 13.0. The number of hydrogen-bond donors (Lipinski definition) is 1. The predicted octanol–water partition coefficient (Wildman–Crippen LogP) is 5.25. The molecule has 2 amide bonds. The largest absolute Gasteiger partial charge is 0.494 e. The normalized spacial score (nSPS) is 11.6. The smallest absolute Gasteiger partial charge is 0.242 e. The van der Waals surface area contributed by atoms with Crippen LogP contribution in [0.25, 0.3) is 0 Å². The Morgan fingerprint density at radius 1 is 1.06 bits per heavy atom. The molecule has 168 valence electrons. The lowest BCUT2D eigenvalue weighted by Gasteiger charge is -2.29. The number of benzene rings is 2. The Morgan fingerprint density at radius 2 is 1.74 bits per heavy atom. The van der Waals surface area contributed by atoms with Crippen LogP contribution in [0, 0.1) is 6.92 Å². The summed E-state index contributed by atoms with van der Waals surface area (Å²) in [6.45, 7) is 7.39. The third-order valence-corrected chi connectivity index (χ3v) is 5.62. The fraction of sp³-hybridized carbons (Fsp3) is 0.440. The van der Waals surface area contributed by atoms with Crippen LogP contribution in [0.5, 0.6) is 5.75 Å². The van der Waals surface area contributed by atoms with E-state index >= 15 is 0 Å². The number of carbonyl (C=O) groups excluding carboxylic acids is 2. The molecule has 0 bridgehead atoms. The maximum absolute atomic E-state index is 13.0. The predicted molar refractivity (Wildman–Crippen MR) is 128 cm³/mol. The molecule has 2 aromatic rings. The van der Waals surface area contributed by atoms with Crippen LogP contribution in [-0.2, 0) is 16.1 Å². The number of nitrogens with one attached hydrogen (secondary N) is 1. The molecule has 0 fully saturated rings. The molecule has 0 spiro atoms. The lowest BCUT2D eigenvalue weighted by atomic mass is 10.1. The molecule has 0 aliphatic carbocycles. The van der Waals surface area contributed by atoms with Crippen molar-refractivity contribution in [3.05, 3.63) is 64.1 Å². The number of halogens is 1. The molecule has 31 heavy (non-hydrogen) atoms. The number of amides is 2. The van der Waals surface area contributed by atoms with E-state index in [2.05, 4.69) is 28.2 Å². The summed E-state index contributed by atoms with van der Waals surface area (Å²) in [7, 11) is 0. The highest BCUT2D eigenvalue weighted by molar-refractivity contribution is 9.10. The van der Waals surface area contributed by atoms with Crippen molar-refractivity contribution >= 4 is 27.7 Å². The Kier molecular flexibility index (Phi) is 10.6. The van der Waals surface area contributed by atoms with Gasteiger partial charge in [-0.2, -0.15) is 0 Å². The molecule has 0 aliphatic heterocycles. The van der Waals surface area contributed by atoms with Gasteiger partial charge in [-0.15, -0.1) is 0 Å². The van der Waals surface area contributed by atoms with Gasteiger partial charge in [-0.3, -0.25) is 9.59 Å². The molecule has 2 rings (SSSR count). The molecule has 1 N–H and O–H groups in total. The van der Waals surface area contributed by atoms with Crippen LogP contribution in [0.3, 0.4) is 0 Å². The van der Waals surface area contributed by atoms with Crippen LogP contribution in [-0.4, -0.2) is 35.9 Å². The lowest BCUT2D eigenvalue weighted by molar-refractivity contribution is -0.140. The number of nitrogens with zero attached hydrogens (tertiary/aromatic N) is 1. The summed E-state index contributed by atoms with van der Waals surface area (Å²) in [5, 5.41) is 2.94. The average molecular weight is 489 g/mol. The van der Waals surface area contributed by atoms with E-state index in [-0.39, 0.29) is 11.8 Å². The second kappa shape index (κ2) is 13.2. The Labute approximate surface area is 194 Å². The van der Waals surface area contributed by atoms with Crippen LogP contribution in [0.15, 0.2) is 53.0 Å². The van der Waals surface area contributed by atoms with E-state index < -0.39 is 6.04 Å². The van der Waals surface area contributed by atoms with Crippen molar-refractivity contribution in [2.75, 3.05) is 13.2 Å². The first kappa shape index (κ1) is 24.9. The molecule has 2 aromatic carbocycles. The monoisotopic (exact) mass is 488 g/mol. The molecule has 0 radical (unpaired) electrons. The van der Waals surface area contributed by atoms with Crippen molar-refractivity contribution < 1.29 is 14.3 Å². The van der Waals surface area contributed by atoms with Gasteiger partial charge in [0.05, 0.1) is 6.61 Å². The van der Waals surface area contributed by atoms with Gasteiger partial charge in [-0.25, -0.2) is 0 Å². The summed E-state index contributed by atoms with van der Waals surface area (Å²) in [4.78, 5) is 27.3. The number of rotatable bonds is 12. The summed E-state index contributed by atoms with van der Waals surface area (Å²) in [5.74, 6) is 0.636. The van der Waals surface area contributed by atoms with Gasteiger partial charge in [-0.1, -0.05) is 59.1 Å². The number of ether oxygens (including phenoxy) is 1. The lowest BCUT2D eigenvalue weighted by Crippen LogP contribution is -2.47. The number of aryl methyl sites for hydroxylation is 1. The van der Waals surface area contributed by atoms with E-state index in [0.29, 0.717) is 32.5 Å². The molecule has 0 aromatic heterocycles. The van der Waals surface area contributed by atoms with Gasteiger partial charge >= 0.3 is 0 Å². The van der Waals surface area contributed by atoms with Crippen molar-refractivity contribution in [3.8, 4) is 5.75 Å². The minimum atomic E-state index is -0.536. The molecular formula is C25H33BrN2O3. The zero-order chi connectivity index (χ0) is 22.6. The Balaban J connectivity index is 1.96. The number of unbranched alkanes of at least 4 members (excludes halogenated alkanes) is 1. The number of carbonyl (C=O) groups is 2. The van der Waals surface area contributed by atoms with Crippen molar-refractivity contribution in [3.63, 3.8) is 0 Å². The van der Waals surface area contributed by atoms with Crippen molar-refractivity contribution in [1.82, 2.24) is 10.2 Å². The molecule has 1 atom stereocenters. The molecule has 0 aliphatic rings. The summed E-state index contributed by atoms with van der Waals surface area (Å²) < 4.78 is 6.72. The zero-order valence-corrected chi connectivity index (χ0v) is 20.3. The van der Waals surface area contributed by atoms with Gasteiger partial charge in [0.25, 0.3) is 0 Å². The average Bonchev–Trinajstić information content (AvgIpc) is 2.77. The van der Waals surface area contributed by atoms with E-state index in [9.17, 15) is 9.59 Å². The highest BCUT2D eigenvalue weighted by atomic mass is 79.9. The topological polar surface area (TPSA) is 58.6 Å². The van der Waals surface area contributed by atoms with Crippen LogP contribution in [0.1, 0.15) is 50.7 Å². The van der Waals surface area contributed by atoms with Gasteiger partial charge in [-0.05, 0) is 56.5 Å². The summed E-state index contributed by atoms with van der Waals surface area (Å²) in [6, 6.07) is 15.1. The molecular weight excluding hydrogens is 456 g/mol. The van der Waals surface area contributed by atoms with Crippen molar-refractivity contribution in [2.45, 2.75) is 59.0 Å². The van der Waals surface area contributed by atoms with E-state index in [1.54, 1.807) is 11.8 Å². The third-order valence-electron chi connectivity index (χ3n) is 5.09. The highest BCUT2D eigenvalue weighted by Crippen LogP contribution is 2.16. The van der Waals surface area contributed by atoms with E-state index in [0.717, 1.165) is 28.6 Å². The number of hydrogen-bond acceptors (Lipinski definition) is 3. The summed E-state index contributed by atoms with van der Waals surface area (Å²) in [5.41, 5.74) is 2.16. The molecule has 0 saturated carbocycles. The quantitative estimate of drug-likeness (QED) is 0.415. The molecule has 5 nitrogen and oxygen atoms in total. The van der Waals surface area contributed by atoms with E-state index in [1.165, 1.54) is 5.56 Å². The molecule has 0 heterocycles. The Morgan fingerprint density at radius 3 is 2.39 bits per heavy atom. The zero-order valence-electron chi connectivity index (χ0n) is 18.7. The minimum absolute atomic E-state index is 0.0476. The summed E-state index contributed by atoms with van der Waals surface area (Å²) >= 11 is 3.43. The van der Waals surface area contributed by atoms with Crippen LogP contribution < -0.4 is 10.1 Å². The van der Waals surface area contributed by atoms with Crippen molar-refractivity contribution in [1.29, 1.82) is 0 Å². The van der Waals surface area contributed by atoms with E-state index in [4.69, 9.17) is 4.74 Å². The van der Waals surface area contributed by atoms with Gasteiger partial charge in [0, 0.05) is 24.0 Å². The second-order valence-corrected chi connectivity index (χ2v) is 8.65. The fourth-order valence-corrected chi connectivity index (χ4v) is 3.36. The van der Waals surface area contributed by atoms with Crippen LogP contribution >= 0.6 is 15.9 Å². The van der Waals surface area contributed by atoms with Gasteiger partial charge in [0.1, 0.15) is 11.8 Å². The SMILES string of the molecule is CCCCNC(=O)C(C)N(Cc1ccc(Br)cc1)C(=O)CCCOc1ccc(C)cc1. The van der Waals surface area contributed by atoms with Crippen LogP contribution in [0.2, 0.25) is 0 Å². The summed E-state index contributed by atoms with van der Waals surface area (Å²) in [6.07, 6.45) is 2.86.